The first-order valence-corrected chi connectivity index (χ1v) is 6.97. The van der Waals surface area contributed by atoms with E-state index in [-0.39, 0.29) is 43.9 Å². The molecular weight excluding hydrogens is 401 g/mol. The van der Waals surface area contributed by atoms with Gasteiger partial charge in [0.05, 0.1) is 6.54 Å². The minimum absolute atomic E-state index is 0. The fraction of sp³-hybridized carbons (Fsp3) is 0.500. The third-order valence-corrected chi connectivity index (χ3v) is 3.19. The Morgan fingerprint density at radius 2 is 2.18 bits per heavy atom. The van der Waals surface area contributed by atoms with Gasteiger partial charge in [0, 0.05) is 12.1 Å². The summed E-state index contributed by atoms with van der Waals surface area (Å²) in [5.41, 5.74) is 5.69. The summed E-state index contributed by atoms with van der Waals surface area (Å²) in [5, 5.41) is 12.9. The average Bonchev–Trinajstić information content (AvgIpc) is 3.16. The van der Waals surface area contributed by atoms with Crippen LogP contribution in [0.1, 0.15) is 12.8 Å². The van der Waals surface area contributed by atoms with Crippen LogP contribution >= 0.6 is 24.0 Å². The quantitative estimate of drug-likeness (QED) is 0.358. The molecule has 1 atom stereocenters. The molecule has 0 radical (unpaired) electrons. The molecule has 1 fully saturated rings. The van der Waals surface area contributed by atoms with Crippen LogP contribution in [-0.2, 0) is 0 Å². The normalized spacial score (nSPS) is 17.6. The van der Waals surface area contributed by atoms with Gasteiger partial charge in [-0.2, -0.15) is 0 Å². The van der Waals surface area contributed by atoms with E-state index < -0.39 is 6.10 Å². The highest BCUT2D eigenvalue weighted by molar-refractivity contribution is 14.0. The average molecular weight is 421 g/mol. The Kier molecular flexibility index (Phi) is 5.95. The van der Waals surface area contributed by atoms with Gasteiger partial charge in [0.2, 0.25) is 6.79 Å². The number of benzene rings is 1. The lowest BCUT2D eigenvalue weighted by molar-refractivity contribution is 0.114. The van der Waals surface area contributed by atoms with Crippen molar-refractivity contribution in [1.82, 2.24) is 5.32 Å². The number of rotatable bonds is 6. The van der Waals surface area contributed by atoms with Gasteiger partial charge >= 0.3 is 0 Å². The number of halogens is 1. The molecule has 0 spiro atoms. The molecule has 1 aliphatic carbocycles. The Balaban J connectivity index is 0.00000176. The van der Waals surface area contributed by atoms with Gasteiger partial charge in [-0.3, -0.25) is 4.99 Å². The summed E-state index contributed by atoms with van der Waals surface area (Å²) in [6.07, 6.45) is 1.55. The van der Waals surface area contributed by atoms with E-state index >= 15 is 0 Å². The standard InChI is InChI=1S/C14H19N3O4.HI/c15-14(17-9-1-2-9)16-6-10(18)7-19-11-3-4-12-13(5-11)21-8-20-12;/h3-5,9-10,18H,1-2,6-8H2,(H3,15,16,17);1H. The zero-order valence-electron chi connectivity index (χ0n) is 12.0. The SMILES string of the molecule is I.NC(=NCC(O)COc1ccc2c(c1)OCO2)NC1CC1. The maximum Gasteiger partial charge on any atom is 0.231 e. The molecule has 1 saturated carbocycles. The van der Waals surface area contributed by atoms with Gasteiger partial charge in [0.15, 0.2) is 17.5 Å². The van der Waals surface area contributed by atoms with Gasteiger partial charge in [-0.25, -0.2) is 0 Å². The van der Waals surface area contributed by atoms with E-state index in [1.165, 1.54) is 0 Å². The van der Waals surface area contributed by atoms with Crippen LogP contribution in [0, 0.1) is 0 Å². The molecule has 1 aliphatic heterocycles. The van der Waals surface area contributed by atoms with Crippen molar-refractivity contribution in [1.29, 1.82) is 0 Å². The third kappa shape index (κ3) is 4.80. The fourth-order valence-electron chi connectivity index (χ4n) is 1.90. The van der Waals surface area contributed by atoms with Gasteiger partial charge in [-0.15, -0.1) is 24.0 Å². The van der Waals surface area contributed by atoms with Crippen LogP contribution in [0.4, 0.5) is 0 Å². The number of nitrogens with zero attached hydrogens (tertiary/aromatic N) is 1. The van der Waals surface area contributed by atoms with Crippen LogP contribution in [0.3, 0.4) is 0 Å². The Bertz CT molecular complexity index is 537. The van der Waals surface area contributed by atoms with Crippen molar-refractivity contribution in [2.75, 3.05) is 19.9 Å². The first-order chi connectivity index (χ1) is 10.2. The molecule has 8 heteroatoms. The zero-order chi connectivity index (χ0) is 14.7. The molecule has 0 bridgehead atoms. The molecule has 1 heterocycles. The summed E-state index contributed by atoms with van der Waals surface area (Å²) >= 11 is 0. The predicted octanol–water partition coefficient (Wildman–Crippen LogP) is 0.840. The van der Waals surface area contributed by atoms with Crippen molar-refractivity contribution < 1.29 is 19.3 Å². The molecule has 7 nitrogen and oxygen atoms in total. The van der Waals surface area contributed by atoms with Crippen molar-refractivity contribution >= 4 is 29.9 Å². The van der Waals surface area contributed by atoms with E-state index in [1.807, 2.05) is 0 Å². The van der Waals surface area contributed by atoms with E-state index in [0.717, 1.165) is 12.8 Å². The van der Waals surface area contributed by atoms with Crippen LogP contribution in [-0.4, -0.2) is 43.2 Å². The number of aliphatic imine (C=N–C) groups is 1. The summed E-state index contributed by atoms with van der Waals surface area (Å²) < 4.78 is 16.0. The molecule has 1 unspecified atom stereocenters. The van der Waals surface area contributed by atoms with Crippen molar-refractivity contribution in [2.45, 2.75) is 25.0 Å². The largest absolute Gasteiger partial charge is 0.491 e. The minimum atomic E-state index is -0.713. The lowest BCUT2D eigenvalue weighted by atomic mass is 10.3. The van der Waals surface area contributed by atoms with E-state index in [4.69, 9.17) is 19.9 Å². The number of hydrogen-bond acceptors (Lipinski definition) is 5. The summed E-state index contributed by atoms with van der Waals surface area (Å²) in [4.78, 5) is 4.08. The van der Waals surface area contributed by atoms with E-state index in [0.29, 0.717) is 29.2 Å². The lowest BCUT2D eigenvalue weighted by Gasteiger charge is -2.11. The third-order valence-electron chi connectivity index (χ3n) is 3.19. The van der Waals surface area contributed by atoms with E-state index in [9.17, 15) is 5.11 Å². The Morgan fingerprint density at radius 3 is 2.95 bits per heavy atom. The Hall–Kier alpha value is -1.42. The van der Waals surface area contributed by atoms with Crippen molar-refractivity contribution in [2.24, 2.45) is 10.7 Å². The highest BCUT2D eigenvalue weighted by Crippen LogP contribution is 2.35. The minimum Gasteiger partial charge on any atom is -0.491 e. The number of guanidine groups is 1. The van der Waals surface area contributed by atoms with Crippen molar-refractivity contribution in [3.8, 4) is 17.2 Å². The zero-order valence-corrected chi connectivity index (χ0v) is 14.4. The number of nitrogens with one attached hydrogen (secondary N) is 1. The maximum absolute atomic E-state index is 9.83. The van der Waals surface area contributed by atoms with E-state index in [1.54, 1.807) is 18.2 Å². The fourth-order valence-corrected chi connectivity index (χ4v) is 1.90. The monoisotopic (exact) mass is 421 g/mol. The highest BCUT2D eigenvalue weighted by atomic mass is 127. The summed E-state index contributed by atoms with van der Waals surface area (Å²) in [6.45, 7) is 0.569. The number of ether oxygens (including phenoxy) is 3. The molecular formula is C14H20IN3O4. The summed E-state index contributed by atoms with van der Waals surface area (Å²) in [7, 11) is 0. The maximum atomic E-state index is 9.83. The molecule has 0 amide bonds. The topological polar surface area (TPSA) is 98.3 Å². The number of nitrogens with two attached hydrogens (primary N) is 1. The predicted molar refractivity (Wildman–Crippen MR) is 92.1 cm³/mol. The molecule has 3 rings (SSSR count). The molecule has 122 valence electrons. The number of aliphatic hydroxyl groups is 1. The molecule has 1 aromatic carbocycles. The summed E-state index contributed by atoms with van der Waals surface area (Å²) in [5.74, 6) is 2.34. The number of fused-ring (bicyclic) bond motifs is 1. The van der Waals surface area contributed by atoms with Crippen LogP contribution in [0.25, 0.3) is 0 Å². The number of aliphatic hydroxyl groups excluding tert-OH is 1. The molecule has 22 heavy (non-hydrogen) atoms. The van der Waals surface area contributed by atoms with Crippen molar-refractivity contribution in [3.63, 3.8) is 0 Å². The van der Waals surface area contributed by atoms with E-state index in [2.05, 4.69) is 10.3 Å². The first kappa shape index (κ1) is 16.9. The molecule has 4 N–H and O–H groups in total. The van der Waals surface area contributed by atoms with Crippen LogP contribution in [0.5, 0.6) is 17.2 Å². The molecule has 0 aromatic heterocycles. The second-order valence-corrected chi connectivity index (χ2v) is 5.12. The van der Waals surface area contributed by atoms with Crippen LogP contribution < -0.4 is 25.3 Å². The molecule has 1 aromatic rings. The van der Waals surface area contributed by atoms with Crippen LogP contribution in [0.15, 0.2) is 23.2 Å². The van der Waals surface area contributed by atoms with Gasteiger partial charge in [-0.1, -0.05) is 0 Å². The number of hydrogen-bond donors (Lipinski definition) is 3. The first-order valence-electron chi connectivity index (χ1n) is 6.97. The molecule has 2 aliphatic rings. The van der Waals surface area contributed by atoms with Gasteiger partial charge in [0.25, 0.3) is 0 Å². The molecule has 0 saturated heterocycles. The second-order valence-electron chi connectivity index (χ2n) is 5.12. The lowest BCUT2D eigenvalue weighted by Crippen LogP contribution is -2.34. The van der Waals surface area contributed by atoms with Gasteiger partial charge < -0.3 is 30.4 Å². The van der Waals surface area contributed by atoms with Gasteiger partial charge in [0.1, 0.15) is 18.5 Å². The van der Waals surface area contributed by atoms with Gasteiger partial charge in [-0.05, 0) is 25.0 Å². The smallest absolute Gasteiger partial charge is 0.231 e. The highest BCUT2D eigenvalue weighted by Gasteiger charge is 2.21. The summed E-state index contributed by atoms with van der Waals surface area (Å²) in [6, 6.07) is 5.74. The second kappa shape index (κ2) is 7.73. The Labute approximate surface area is 145 Å². The Morgan fingerprint density at radius 1 is 1.41 bits per heavy atom. The van der Waals surface area contributed by atoms with Crippen LogP contribution in [0.2, 0.25) is 0 Å². The van der Waals surface area contributed by atoms with Crippen molar-refractivity contribution in [3.05, 3.63) is 18.2 Å².